The Balaban J connectivity index is 1.42. The zero-order chi connectivity index (χ0) is 19.9. The van der Waals surface area contributed by atoms with Gasteiger partial charge in [0.15, 0.2) is 5.82 Å². The maximum atomic E-state index is 12.7. The second kappa shape index (κ2) is 6.74. The van der Waals surface area contributed by atoms with Crippen LogP contribution in [0.3, 0.4) is 0 Å². The van der Waals surface area contributed by atoms with Crippen LogP contribution in [0.15, 0.2) is 48.5 Å². The first-order chi connectivity index (χ1) is 13.3. The highest BCUT2D eigenvalue weighted by atomic mass is 19.4. The molecule has 1 heterocycles. The molecule has 9 heteroatoms. The Bertz CT molecular complexity index is 1010. The number of carbonyl (C=O) groups excluding carboxylic acids is 1. The lowest BCUT2D eigenvalue weighted by Gasteiger charge is -2.08. The van der Waals surface area contributed by atoms with Gasteiger partial charge in [-0.05, 0) is 52.6 Å². The van der Waals surface area contributed by atoms with E-state index in [0.29, 0.717) is 17.9 Å². The first-order valence-corrected chi connectivity index (χ1v) is 8.64. The Labute approximate surface area is 158 Å². The fraction of sp³-hybridized carbons (Fsp3) is 0.263. The van der Waals surface area contributed by atoms with Gasteiger partial charge in [-0.2, -0.15) is 13.2 Å². The molecule has 3 aromatic rings. The van der Waals surface area contributed by atoms with E-state index in [4.69, 9.17) is 0 Å². The molecule has 0 radical (unpaired) electrons. The van der Waals surface area contributed by atoms with Crippen molar-refractivity contribution in [1.29, 1.82) is 0 Å². The molecule has 4 rings (SSSR count). The molecule has 1 fully saturated rings. The number of aromatic nitrogens is 4. The summed E-state index contributed by atoms with van der Waals surface area (Å²) >= 11 is 0. The van der Waals surface area contributed by atoms with Crippen LogP contribution in [0, 0.1) is 5.92 Å². The van der Waals surface area contributed by atoms with E-state index >= 15 is 0 Å². The van der Waals surface area contributed by atoms with Gasteiger partial charge < -0.3 is 5.32 Å². The summed E-state index contributed by atoms with van der Waals surface area (Å²) in [4.78, 5) is 12.5. The first kappa shape index (κ1) is 18.1. The predicted octanol–water partition coefficient (Wildman–Crippen LogP) is 3.64. The van der Waals surface area contributed by atoms with E-state index in [9.17, 15) is 18.0 Å². The normalized spacial score (nSPS) is 18.7. The van der Waals surface area contributed by atoms with Gasteiger partial charge in [-0.1, -0.05) is 24.3 Å². The van der Waals surface area contributed by atoms with E-state index in [1.165, 1.54) is 16.8 Å². The average Bonchev–Trinajstić information content (AvgIpc) is 3.35. The number of halogens is 3. The average molecular weight is 387 g/mol. The van der Waals surface area contributed by atoms with Crippen molar-refractivity contribution in [3.05, 3.63) is 59.7 Å². The maximum Gasteiger partial charge on any atom is 0.416 e. The molecule has 1 aliphatic carbocycles. The summed E-state index contributed by atoms with van der Waals surface area (Å²) in [5, 5.41) is 14.2. The Morgan fingerprint density at radius 3 is 2.57 bits per heavy atom. The molecule has 2 unspecified atom stereocenters. The molecular formula is C19H16F3N5O. The quantitative estimate of drug-likeness (QED) is 0.742. The lowest BCUT2D eigenvalue weighted by Crippen LogP contribution is -2.14. The molecule has 144 valence electrons. The summed E-state index contributed by atoms with van der Waals surface area (Å²) in [7, 11) is 1.72. The van der Waals surface area contributed by atoms with Crippen molar-refractivity contribution in [3.63, 3.8) is 0 Å². The molecule has 0 bridgehead atoms. The van der Waals surface area contributed by atoms with Crippen molar-refractivity contribution in [3.8, 4) is 11.4 Å². The summed E-state index contributed by atoms with van der Waals surface area (Å²) in [6.07, 6.45) is -3.74. The van der Waals surface area contributed by atoms with Crippen molar-refractivity contribution in [2.24, 2.45) is 13.0 Å². The summed E-state index contributed by atoms with van der Waals surface area (Å²) in [6.45, 7) is 0. The summed E-state index contributed by atoms with van der Waals surface area (Å²) < 4.78 is 39.5. The van der Waals surface area contributed by atoms with Crippen molar-refractivity contribution in [2.75, 3.05) is 5.32 Å². The molecule has 2 aromatic carbocycles. The number of tetrazole rings is 1. The van der Waals surface area contributed by atoms with Crippen LogP contribution in [0.2, 0.25) is 0 Å². The number of carbonyl (C=O) groups is 1. The third-order valence-electron chi connectivity index (χ3n) is 4.80. The minimum Gasteiger partial charge on any atom is -0.326 e. The van der Waals surface area contributed by atoms with Gasteiger partial charge in [0.25, 0.3) is 0 Å². The van der Waals surface area contributed by atoms with Crippen molar-refractivity contribution in [1.82, 2.24) is 20.2 Å². The molecule has 1 saturated carbocycles. The summed E-state index contributed by atoms with van der Waals surface area (Å²) in [5.74, 6) is 0.105. The molecule has 1 aliphatic rings. The molecule has 1 aromatic heterocycles. The van der Waals surface area contributed by atoms with Gasteiger partial charge in [0.1, 0.15) is 0 Å². The fourth-order valence-electron chi connectivity index (χ4n) is 3.22. The van der Waals surface area contributed by atoms with Crippen molar-refractivity contribution >= 4 is 11.6 Å². The molecule has 0 saturated heterocycles. The van der Waals surface area contributed by atoms with E-state index < -0.39 is 11.7 Å². The van der Waals surface area contributed by atoms with Gasteiger partial charge in [-0.25, -0.2) is 4.68 Å². The summed E-state index contributed by atoms with van der Waals surface area (Å²) in [6, 6.07) is 12.2. The van der Waals surface area contributed by atoms with Gasteiger partial charge >= 0.3 is 6.18 Å². The van der Waals surface area contributed by atoms with E-state index in [1.807, 2.05) is 6.07 Å². The molecule has 1 N–H and O–H groups in total. The van der Waals surface area contributed by atoms with Gasteiger partial charge in [-0.15, -0.1) is 5.10 Å². The van der Waals surface area contributed by atoms with Crippen LogP contribution < -0.4 is 5.32 Å². The summed E-state index contributed by atoms with van der Waals surface area (Å²) in [5.41, 5.74) is 1.43. The Morgan fingerprint density at radius 1 is 1.18 bits per heavy atom. The highest BCUT2D eigenvalue weighted by molar-refractivity contribution is 5.95. The third-order valence-corrected chi connectivity index (χ3v) is 4.80. The van der Waals surface area contributed by atoms with Crippen molar-refractivity contribution in [2.45, 2.75) is 18.5 Å². The number of hydrogen-bond donors (Lipinski definition) is 1. The zero-order valence-electron chi connectivity index (χ0n) is 14.8. The largest absolute Gasteiger partial charge is 0.416 e. The number of anilines is 1. The van der Waals surface area contributed by atoms with Crippen LogP contribution in [0.5, 0.6) is 0 Å². The minimum absolute atomic E-state index is 0.0617. The smallest absolute Gasteiger partial charge is 0.326 e. The molecule has 1 amide bonds. The number of amides is 1. The molecule has 28 heavy (non-hydrogen) atoms. The SMILES string of the molecule is Cn1nnnc1-c1cccc(NC(=O)C2CC2c2ccc(C(F)(F)F)cc2)c1. The molecule has 0 aliphatic heterocycles. The zero-order valence-corrected chi connectivity index (χ0v) is 14.8. The van der Waals surface area contributed by atoms with Gasteiger partial charge in [0, 0.05) is 24.2 Å². The van der Waals surface area contributed by atoms with Crippen LogP contribution >= 0.6 is 0 Å². The van der Waals surface area contributed by atoms with E-state index in [1.54, 1.807) is 25.2 Å². The van der Waals surface area contributed by atoms with Crippen LogP contribution in [-0.2, 0) is 18.0 Å². The highest BCUT2D eigenvalue weighted by Crippen LogP contribution is 2.48. The van der Waals surface area contributed by atoms with Crippen LogP contribution in [-0.4, -0.2) is 26.1 Å². The van der Waals surface area contributed by atoms with Crippen LogP contribution in [0.1, 0.15) is 23.5 Å². The van der Waals surface area contributed by atoms with Crippen molar-refractivity contribution < 1.29 is 18.0 Å². The monoisotopic (exact) mass is 387 g/mol. The van der Waals surface area contributed by atoms with Gasteiger partial charge in [-0.3, -0.25) is 4.79 Å². The maximum absolute atomic E-state index is 12.7. The molecule has 2 atom stereocenters. The number of nitrogens with one attached hydrogen (secondary N) is 1. The predicted molar refractivity (Wildman–Crippen MR) is 95.2 cm³/mol. The van der Waals surface area contributed by atoms with Gasteiger partial charge in [0.2, 0.25) is 5.91 Å². The molecular weight excluding hydrogens is 371 g/mol. The van der Waals surface area contributed by atoms with Crippen LogP contribution in [0.4, 0.5) is 18.9 Å². The van der Waals surface area contributed by atoms with E-state index in [2.05, 4.69) is 20.8 Å². The lowest BCUT2D eigenvalue weighted by atomic mass is 10.1. The number of aryl methyl sites for hydroxylation is 1. The highest BCUT2D eigenvalue weighted by Gasteiger charge is 2.44. The fourth-order valence-corrected chi connectivity index (χ4v) is 3.22. The third kappa shape index (κ3) is 3.60. The number of rotatable bonds is 4. The lowest BCUT2D eigenvalue weighted by molar-refractivity contribution is -0.137. The minimum atomic E-state index is -4.36. The second-order valence-corrected chi connectivity index (χ2v) is 6.76. The number of hydrogen-bond acceptors (Lipinski definition) is 4. The number of nitrogens with zero attached hydrogens (tertiary/aromatic N) is 4. The standard InChI is InChI=1S/C19H16F3N5O/c1-27-17(24-25-26-27)12-3-2-4-14(9-12)23-18(28)16-10-15(16)11-5-7-13(8-6-11)19(20,21)22/h2-9,15-16H,10H2,1H3,(H,23,28). The Hall–Kier alpha value is -3.23. The second-order valence-electron chi connectivity index (χ2n) is 6.76. The molecule has 6 nitrogen and oxygen atoms in total. The number of alkyl halides is 3. The Kier molecular flexibility index (Phi) is 4.37. The number of benzene rings is 2. The van der Waals surface area contributed by atoms with Crippen LogP contribution in [0.25, 0.3) is 11.4 Å². The van der Waals surface area contributed by atoms with Gasteiger partial charge in [0.05, 0.1) is 5.56 Å². The molecule has 0 spiro atoms. The Morgan fingerprint density at radius 2 is 1.93 bits per heavy atom. The van der Waals surface area contributed by atoms with E-state index in [0.717, 1.165) is 23.3 Å². The topological polar surface area (TPSA) is 72.7 Å². The van der Waals surface area contributed by atoms with E-state index in [-0.39, 0.29) is 17.7 Å². The first-order valence-electron chi connectivity index (χ1n) is 8.64.